The molecule has 0 aliphatic rings. The van der Waals surface area contributed by atoms with E-state index in [-0.39, 0.29) is 0 Å². The fourth-order valence-electron chi connectivity index (χ4n) is 7.79. The lowest BCUT2D eigenvalue weighted by molar-refractivity contribution is 1.18. The van der Waals surface area contributed by atoms with Gasteiger partial charge in [-0.05, 0) is 96.4 Å². The van der Waals surface area contributed by atoms with Crippen molar-refractivity contribution in [1.82, 2.24) is 4.57 Å². The van der Waals surface area contributed by atoms with Crippen molar-refractivity contribution in [3.05, 3.63) is 151 Å². The quantitative estimate of drug-likeness (QED) is 0.195. The zero-order valence-corrected chi connectivity index (χ0v) is 24.3. The summed E-state index contributed by atoms with van der Waals surface area (Å²) in [5.41, 5.74) is 9.01. The van der Waals surface area contributed by atoms with Crippen LogP contribution in [0.15, 0.2) is 146 Å². The van der Waals surface area contributed by atoms with E-state index in [9.17, 15) is 5.26 Å². The summed E-state index contributed by atoms with van der Waals surface area (Å²) in [5.74, 6) is 0. The number of hydrogen-bond donors (Lipinski definition) is 0. The van der Waals surface area contributed by atoms with Crippen molar-refractivity contribution in [2.75, 3.05) is 0 Å². The molecule has 2 heteroatoms. The molecular formula is C43H24N2. The van der Waals surface area contributed by atoms with Crippen molar-refractivity contribution >= 4 is 64.9 Å². The minimum Gasteiger partial charge on any atom is -0.309 e. The van der Waals surface area contributed by atoms with Crippen molar-refractivity contribution in [2.45, 2.75) is 0 Å². The first kappa shape index (κ1) is 24.3. The zero-order valence-electron chi connectivity index (χ0n) is 24.3. The topological polar surface area (TPSA) is 28.7 Å². The number of aromatic nitrogens is 1. The van der Waals surface area contributed by atoms with E-state index >= 15 is 0 Å². The van der Waals surface area contributed by atoms with Crippen molar-refractivity contribution in [2.24, 2.45) is 0 Å². The second kappa shape index (κ2) is 8.92. The molecule has 206 valence electrons. The lowest BCUT2D eigenvalue weighted by atomic mass is 9.87. The van der Waals surface area contributed by atoms with Gasteiger partial charge in [-0.1, -0.05) is 109 Å². The Morgan fingerprint density at radius 2 is 1.02 bits per heavy atom. The predicted octanol–water partition coefficient (Wildman–Crippen LogP) is 11.5. The van der Waals surface area contributed by atoms with Gasteiger partial charge in [0, 0.05) is 21.8 Å². The molecule has 0 N–H and O–H groups in total. The van der Waals surface area contributed by atoms with Gasteiger partial charge in [0.05, 0.1) is 22.7 Å². The highest BCUT2D eigenvalue weighted by Crippen LogP contribution is 2.45. The van der Waals surface area contributed by atoms with Crippen LogP contribution in [0, 0.1) is 11.3 Å². The Bertz CT molecular complexity index is 2800. The molecule has 9 aromatic carbocycles. The highest BCUT2D eigenvalue weighted by atomic mass is 15.0. The molecule has 0 bridgehead atoms. The molecule has 0 radical (unpaired) electrons. The molecule has 0 aliphatic carbocycles. The van der Waals surface area contributed by atoms with Gasteiger partial charge in [-0.25, -0.2) is 0 Å². The van der Waals surface area contributed by atoms with Crippen LogP contribution in [0.25, 0.3) is 92.8 Å². The lowest BCUT2D eigenvalue weighted by Gasteiger charge is -2.17. The molecule has 0 fully saturated rings. The van der Waals surface area contributed by atoms with E-state index in [2.05, 4.69) is 150 Å². The van der Waals surface area contributed by atoms with E-state index in [1.807, 2.05) is 6.07 Å². The van der Waals surface area contributed by atoms with Gasteiger partial charge in [-0.15, -0.1) is 0 Å². The number of benzene rings is 9. The van der Waals surface area contributed by atoms with Crippen LogP contribution in [0.3, 0.4) is 0 Å². The van der Waals surface area contributed by atoms with Gasteiger partial charge in [-0.2, -0.15) is 5.26 Å². The first-order valence-electron chi connectivity index (χ1n) is 15.3. The van der Waals surface area contributed by atoms with Crippen molar-refractivity contribution < 1.29 is 0 Å². The molecule has 1 heterocycles. The average Bonchev–Trinajstić information content (AvgIpc) is 3.45. The molecule has 0 saturated heterocycles. The van der Waals surface area contributed by atoms with Crippen LogP contribution in [-0.2, 0) is 0 Å². The third kappa shape index (κ3) is 3.27. The van der Waals surface area contributed by atoms with E-state index in [1.165, 1.54) is 65.3 Å². The molecule has 1 aromatic heterocycles. The molecule has 0 atom stereocenters. The van der Waals surface area contributed by atoms with Crippen LogP contribution in [-0.4, -0.2) is 4.57 Å². The van der Waals surface area contributed by atoms with Crippen LogP contribution >= 0.6 is 0 Å². The Hall–Kier alpha value is -6.17. The molecule has 0 aliphatic heterocycles. The maximum atomic E-state index is 9.93. The largest absolute Gasteiger partial charge is 0.309 e. The number of nitrogens with zero attached hydrogens (tertiary/aromatic N) is 2. The predicted molar refractivity (Wildman–Crippen MR) is 189 cm³/mol. The minimum absolute atomic E-state index is 0.710. The maximum Gasteiger partial charge on any atom is 0.0998 e. The third-order valence-electron chi connectivity index (χ3n) is 9.73. The van der Waals surface area contributed by atoms with Gasteiger partial charge in [0.1, 0.15) is 0 Å². The van der Waals surface area contributed by atoms with Crippen molar-refractivity contribution in [3.63, 3.8) is 0 Å². The summed E-state index contributed by atoms with van der Waals surface area (Å²) in [5, 5.41) is 22.2. The second-order valence-electron chi connectivity index (χ2n) is 12.0. The van der Waals surface area contributed by atoms with Crippen molar-refractivity contribution in [3.8, 4) is 34.0 Å². The highest BCUT2D eigenvalue weighted by Gasteiger charge is 2.21. The molecule has 10 aromatic rings. The van der Waals surface area contributed by atoms with E-state index in [0.717, 1.165) is 27.5 Å². The van der Waals surface area contributed by atoms with E-state index < -0.39 is 0 Å². The van der Waals surface area contributed by atoms with Gasteiger partial charge < -0.3 is 4.57 Å². The summed E-state index contributed by atoms with van der Waals surface area (Å²) >= 11 is 0. The highest BCUT2D eigenvalue weighted by molar-refractivity contribution is 6.29. The molecule has 0 amide bonds. The number of nitriles is 1. The zero-order chi connectivity index (χ0) is 29.6. The molecule has 0 spiro atoms. The SMILES string of the molecule is N#Cc1ccc2c3c1ccc1cc(-c4ccc5ccc6c(-c7ccccc7)ccc7ccc4c5c76)cc(c13)n2-c1ccccc1. The van der Waals surface area contributed by atoms with Crippen LogP contribution < -0.4 is 0 Å². The summed E-state index contributed by atoms with van der Waals surface area (Å²) in [4.78, 5) is 0. The Kier molecular flexibility index (Phi) is 4.82. The lowest BCUT2D eigenvalue weighted by Crippen LogP contribution is -1.94. The molecule has 0 saturated carbocycles. The van der Waals surface area contributed by atoms with Crippen LogP contribution in [0.5, 0.6) is 0 Å². The normalized spacial score (nSPS) is 12.0. The smallest absolute Gasteiger partial charge is 0.0998 e. The molecule has 0 unspecified atom stereocenters. The standard InChI is InChI=1S/C43H24N2/c44-25-30-16-22-38-43-35(30)19-15-29-23-31(24-39(42(29)43)45(38)32-9-5-2-6-10-32)34-18-12-28-13-20-36-33(26-7-3-1-4-8-26)17-11-27-14-21-37(34)41(28)40(27)36/h1-24H. The summed E-state index contributed by atoms with van der Waals surface area (Å²) in [7, 11) is 0. The monoisotopic (exact) mass is 568 g/mol. The fourth-order valence-corrected chi connectivity index (χ4v) is 7.79. The van der Waals surface area contributed by atoms with Crippen molar-refractivity contribution in [1.29, 1.82) is 5.26 Å². The number of para-hydroxylation sites is 1. The van der Waals surface area contributed by atoms with E-state index in [1.54, 1.807) is 0 Å². The third-order valence-corrected chi connectivity index (χ3v) is 9.73. The van der Waals surface area contributed by atoms with Gasteiger partial charge in [0.2, 0.25) is 0 Å². The van der Waals surface area contributed by atoms with Crippen LogP contribution in [0.1, 0.15) is 5.56 Å². The first-order valence-corrected chi connectivity index (χ1v) is 15.3. The van der Waals surface area contributed by atoms with Gasteiger partial charge in [0.25, 0.3) is 0 Å². The first-order chi connectivity index (χ1) is 22.3. The Morgan fingerprint density at radius 1 is 0.422 bits per heavy atom. The summed E-state index contributed by atoms with van der Waals surface area (Å²) < 4.78 is 2.36. The minimum atomic E-state index is 0.710. The molecule has 10 rings (SSSR count). The molecule has 45 heavy (non-hydrogen) atoms. The maximum absolute atomic E-state index is 9.93. The van der Waals surface area contributed by atoms with Gasteiger partial charge in [-0.3, -0.25) is 0 Å². The summed E-state index contributed by atoms with van der Waals surface area (Å²) in [6.45, 7) is 0. The Balaban J connectivity index is 1.31. The average molecular weight is 569 g/mol. The molecule has 2 nitrogen and oxygen atoms in total. The second-order valence-corrected chi connectivity index (χ2v) is 12.0. The summed E-state index contributed by atoms with van der Waals surface area (Å²) in [6, 6.07) is 55.0. The van der Waals surface area contributed by atoms with E-state index in [4.69, 9.17) is 0 Å². The van der Waals surface area contributed by atoms with E-state index in [0.29, 0.717) is 5.56 Å². The number of rotatable bonds is 3. The Morgan fingerprint density at radius 3 is 1.71 bits per heavy atom. The van der Waals surface area contributed by atoms with Gasteiger partial charge >= 0.3 is 0 Å². The van der Waals surface area contributed by atoms with Gasteiger partial charge in [0.15, 0.2) is 0 Å². The Labute approximate surface area is 259 Å². The van der Waals surface area contributed by atoms with Crippen LogP contribution in [0.4, 0.5) is 0 Å². The fraction of sp³-hybridized carbons (Fsp3) is 0. The number of hydrogen-bond acceptors (Lipinski definition) is 1. The molecular weight excluding hydrogens is 544 g/mol. The summed E-state index contributed by atoms with van der Waals surface area (Å²) in [6.07, 6.45) is 0. The van der Waals surface area contributed by atoms with Crippen LogP contribution in [0.2, 0.25) is 0 Å².